The molecule has 1 fully saturated rings. The van der Waals surface area contributed by atoms with Crippen LogP contribution in [0.4, 0.5) is 0 Å². The summed E-state index contributed by atoms with van der Waals surface area (Å²) in [5.41, 5.74) is 5.75. The maximum atomic E-state index is 11.4. The first-order valence-electron chi connectivity index (χ1n) is 5.47. The molecule has 0 bridgehead atoms. The van der Waals surface area contributed by atoms with Crippen molar-refractivity contribution in [2.24, 2.45) is 11.1 Å². The van der Waals surface area contributed by atoms with Gasteiger partial charge in [-0.05, 0) is 24.9 Å². The third-order valence-electron chi connectivity index (χ3n) is 2.85. The molecule has 1 heterocycles. The first kappa shape index (κ1) is 12.9. The van der Waals surface area contributed by atoms with Crippen LogP contribution in [0.15, 0.2) is 0 Å². The Morgan fingerprint density at radius 2 is 1.93 bits per heavy atom. The SMILES string of the molecule is CC(C)(CN)CN1CCCS(=O)(=O)CC1. The molecule has 1 aliphatic rings. The van der Waals surface area contributed by atoms with Gasteiger partial charge in [0.1, 0.15) is 0 Å². The Balaban J connectivity index is 2.52. The molecule has 2 N–H and O–H groups in total. The van der Waals surface area contributed by atoms with Crippen molar-refractivity contribution in [1.82, 2.24) is 4.90 Å². The van der Waals surface area contributed by atoms with Gasteiger partial charge in [0, 0.05) is 13.1 Å². The van der Waals surface area contributed by atoms with Gasteiger partial charge in [-0.25, -0.2) is 8.42 Å². The van der Waals surface area contributed by atoms with Crippen LogP contribution >= 0.6 is 0 Å². The Morgan fingerprint density at radius 1 is 1.27 bits per heavy atom. The zero-order chi connectivity index (χ0) is 11.5. The molecule has 0 spiro atoms. The van der Waals surface area contributed by atoms with Gasteiger partial charge < -0.3 is 10.6 Å². The van der Waals surface area contributed by atoms with Crippen LogP contribution in [-0.4, -0.2) is 51.0 Å². The summed E-state index contributed by atoms with van der Waals surface area (Å²) < 4.78 is 22.8. The lowest BCUT2D eigenvalue weighted by Gasteiger charge is -2.30. The maximum absolute atomic E-state index is 11.4. The second-order valence-electron chi connectivity index (χ2n) is 5.15. The van der Waals surface area contributed by atoms with Crippen molar-refractivity contribution < 1.29 is 8.42 Å². The highest BCUT2D eigenvalue weighted by Gasteiger charge is 2.24. The van der Waals surface area contributed by atoms with Gasteiger partial charge in [0.2, 0.25) is 0 Å². The third-order valence-corrected chi connectivity index (χ3v) is 4.57. The van der Waals surface area contributed by atoms with E-state index in [-0.39, 0.29) is 5.41 Å². The van der Waals surface area contributed by atoms with Gasteiger partial charge >= 0.3 is 0 Å². The number of hydrogen-bond donors (Lipinski definition) is 1. The van der Waals surface area contributed by atoms with Gasteiger partial charge in [0.05, 0.1) is 11.5 Å². The number of sulfone groups is 1. The maximum Gasteiger partial charge on any atom is 0.151 e. The Labute approximate surface area is 92.7 Å². The largest absolute Gasteiger partial charge is 0.330 e. The predicted molar refractivity (Wildman–Crippen MR) is 62.5 cm³/mol. The molecule has 0 unspecified atom stereocenters. The molecule has 5 heteroatoms. The molecule has 1 aliphatic heterocycles. The molecular weight excluding hydrogens is 212 g/mol. The smallest absolute Gasteiger partial charge is 0.151 e. The fraction of sp³-hybridized carbons (Fsp3) is 1.00. The van der Waals surface area contributed by atoms with Crippen LogP contribution in [0.3, 0.4) is 0 Å². The van der Waals surface area contributed by atoms with Crippen molar-refractivity contribution in [3.8, 4) is 0 Å². The van der Waals surface area contributed by atoms with Crippen LogP contribution in [0.2, 0.25) is 0 Å². The second kappa shape index (κ2) is 4.80. The molecule has 0 aromatic carbocycles. The standard InChI is InChI=1S/C10H22N2O2S/c1-10(2,8-11)9-12-4-3-6-15(13,14)7-5-12/h3-9,11H2,1-2H3. The highest BCUT2D eigenvalue weighted by Crippen LogP contribution is 2.16. The van der Waals surface area contributed by atoms with Crippen molar-refractivity contribution in [3.63, 3.8) is 0 Å². The van der Waals surface area contributed by atoms with Gasteiger partial charge in [-0.1, -0.05) is 13.8 Å². The van der Waals surface area contributed by atoms with E-state index in [9.17, 15) is 8.42 Å². The Morgan fingerprint density at radius 3 is 2.53 bits per heavy atom. The number of rotatable bonds is 3. The molecule has 1 rings (SSSR count). The lowest BCUT2D eigenvalue weighted by Crippen LogP contribution is -2.40. The van der Waals surface area contributed by atoms with Crippen LogP contribution in [-0.2, 0) is 9.84 Å². The lowest BCUT2D eigenvalue weighted by molar-refractivity contribution is 0.194. The molecule has 90 valence electrons. The summed E-state index contributed by atoms with van der Waals surface area (Å²) in [5, 5.41) is 0. The van der Waals surface area contributed by atoms with E-state index in [4.69, 9.17) is 5.73 Å². The molecule has 0 saturated carbocycles. The molecule has 0 radical (unpaired) electrons. The van der Waals surface area contributed by atoms with E-state index in [0.29, 0.717) is 24.6 Å². The molecule has 0 aromatic heterocycles. The summed E-state index contributed by atoms with van der Waals surface area (Å²) in [6, 6.07) is 0. The topological polar surface area (TPSA) is 63.4 Å². The van der Waals surface area contributed by atoms with E-state index in [0.717, 1.165) is 19.5 Å². The zero-order valence-corrected chi connectivity index (χ0v) is 10.5. The minimum Gasteiger partial charge on any atom is -0.330 e. The van der Waals surface area contributed by atoms with Crippen LogP contribution < -0.4 is 5.73 Å². The quantitative estimate of drug-likeness (QED) is 0.752. The van der Waals surface area contributed by atoms with Gasteiger partial charge in [0.25, 0.3) is 0 Å². The lowest BCUT2D eigenvalue weighted by atomic mass is 9.93. The van der Waals surface area contributed by atoms with Gasteiger partial charge in [-0.3, -0.25) is 0 Å². The van der Waals surface area contributed by atoms with E-state index < -0.39 is 9.84 Å². The molecule has 0 amide bonds. The fourth-order valence-electron chi connectivity index (χ4n) is 1.82. The van der Waals surface area contributed by atoms with E-state index >= 15 is 0 Å². The molecule has 4 nitrogen and oxygen atoms in total. The third kappa shape index (κ3) is 4.49. The Bertz CT molecular complexity index is 299. The number of nitrogens with two attached hydrogens (primary N) is 1. The van der Waals surface area contributed by atoms with Crippen molar-refractivity contribution in [3.05, 3.63) is 0 Å². The highest BCUT2D eigenvalue weighted by atomic mass is 32.2. The minimum atomic E-state index is -2.79. The Kier molecular flexibility index (Phi) is 4.14. The molecule has 1 saturated heterocycles. The van der Waals surface area contributed by atoms with Gasteiger partial charge in [-0.15, -0.1) is 0 Å². The normalized spacial score (nSPS) is 23.7. The average molecular weight is 234 g/mol. The minimum absolute atomic E-state index is 0.0775. The van der Waals surface area contributed by atoms with Crippen LogP contribution in [0, 0.1) is 5.41 Å². The average Bonchev–Trinajstić information content (AvgIpc) is 2.28. The van der Waals surface area contributed by atoms with Crippen LogP contribution in [0.1, 0.15) is 20.3 Å². The molecule has 0 aliphatic carbocycles. The van der Waals surface area contributed by atoms with Crippen LogP contribution in [0.5, 0.6) is 0 Å². The predicted octanol–water partition coefficient (Wildman–Crippen LogP) is 0.0918. The van der Waals surface area contributed by atoms with Crippen molar-refractivity contribution >= 4 is 9.84 Å². The Hall–Kier alpha value is -0.130. The first-order chi connectivity index (χ1) is 6.85. The van der Waals surface area contributed by atoms with E-state index in [1.165, 1.54) is 0 Å². The van der Waals surface area contributed by atoms with Crippen molar-refractivity contribution in [2.45, 2.75) is 20.3 Å². The zero-order valence-electron chi connectivity index (χ0n) is 9.70. The summed E-state index contributed by atoms with van der Waals surface area (Å²) in [7, 11) is -2.79. The molecular formula is C10H22N2O2S. The molecule has 0 aromatic rings. The number of hydrogen-bond acceptors (Lipinski definition) is 4. The summed E-state index contributed by atoms with van der Waals surface area (Å²) in [5.74, 6) is 0.639. The van der Waals surface area contributed by atoms with E-state index in [1.54, 1.807) is 0 Å². The summed E-state index contributed by atoms with van der Waals surface area (Å²) in [6.07, 6.45) is 0.753. The molecule has 0 atom stereocenters. The van der Waals surface area contributed by atoms with Crippen molar-refractivity contribution in [2.75, 3.05) is 37.7 Å². The summed E-state index contributed by atoms with van der Waals surface area (Å²) in [4.78, 5) is 2.22. The van der Waals surface area contributed by atoms with Crippen LogP contribution in [0.25, 0.3) is 0 Å². The van der Waals surface area contributed by atoms with Crippen molar-refractivity contribution in [1.29, 1.82) is 0 Å². The number of nitrogens with zero attached hydrogens (tertiary/aromatic N) is 1. The summed E-state index contributed by atoms with van der Waals surface area (Å²) in [6.45, 7) is 7.29. The molecule has 15 heavy (non-hydrogen) atoms. The summed E-state index contributed by atoms with van der Waals surface area (Å²) >= 11 is 0. The van der Waals surface area contributed by atoms with E-state index in [2.05, 4.69) is 18.7 Å². The van der Waals surface area contributed by atoms with Gasteiger partial charge in [0.15, 0.2) is 9.84 Å². The van der Waals surface area contributed by atoms with E-state index in [1.807, 2.05) is 0 Å². The fourth-order valence-corrected chi connectivity index (χ4v) is 3.13. The first-order valence-corrected chi connectivity index (χ1v) is 7.30. The highest BCUT2D eigenvalue weighted by molar-refractivity contribution is 7.91. The monoisotopic (exact) mass is 234 g/mol. The second-order valence-corrected chi connectivity index (χ2v) is 7.45. The van der Waals surface area contributed by atoms with Gasteiger partial charge in [-0.2, -0.15) is 0 Å².